The van der Waals surface area contributed by atoms with Gasteiger partial charge in [-0.15, -0.1) is 0 Å². The number of fused-ring (bicyclic) bond motifs is 1. The van der Waals surface area contributed by atoms with Gasteiger partial charge in [-0.3, -0.25) is 24.1 Å². The summed E-state index contributed by atoms with van der Waals surface area (Å²) in [6, 6.07) is 13.3. The van der Waals surface area contributed by atoms with Crippen LogP contribution in [0.1, 0.15) is 37.8 Å². The van der Waals surface area contributed by atoms with E-state index in [0.29, 0.717) is 19.5 Å². The van der Waals surface area contributed by atoms with Gasteiger partial charge in [-0.25, -0.2) is 0 Å². The van der Waals surface area contributed by atoms with Crippen LogP contribution in [0.3, 0.4) is 0 Å². The molecular formula is C31H41N5O6. The predicted octanol–water partition coefficient (Wildman–Crippen LogP) is 0.544. The van der Waals surface area contributed by atoms with Gasteiger partial charge in [-0.2, -0.15) is 0 Å². The lowest BCUT2D eigenvalue weighted by atomic mass is 9.97. The molecule has 0 spiro atoms. The molecule has 2 aromatic carbocycles. The molecule has 0 bridgehead atoms. The molecule has 5 N–H and O–H groups in total. The number of aliphatic hydroxyl groups is 1. The van der Waals surface area contributed by atoms with Crippen LogP contribution in [-0.4, -0.2) is 94.1 Å². The van der Waals surface area contributed by atoms with E-state index in [9.17, 15) is 29.4 Å². The Labute approximate surface area is 246 Å². The molecule has 5 atom stereocenters. The molecule has 2 saturated heterocycles. The number of nitrogens with one attached hydrogen (secondary N) is 3. The number of carbonyl (C=O) groups is 4. The number of carbonyl (C=O) groups excluding carboxylic acids is 4. The lowest BCUT2D eigenvalue weighted by Gasteiger charge is -2.32. The van der Waals surface area contributed by atoms with E-state index in [-0.39, 0.29) is 50.1 Å². The summed E-state index contributed by atoms with van der Waals surface area (Å²) in [6.45, 7) is 4.52. The lowest BCUT2D eigenvalue weighted by molar-refractivity contribution is -0.143. The van der Waals surface area contributed by atoms with E-state index in [1.807, 2.05) is 55.1 Å². The molecule has 0 aliphatic carbocycles. The molecule has 4 rings (SSSR count). The van der Waals surface area contributed by atoms with Crippen LogP contribution in [0.15, 0.2) is 54.6 Å². The Hall–Kier alpha value is -3.96. The highest BCUT2D eigenvalue weighted by atomic mass is 16.3. The first-order chi connectivity index (χ1) is 20.1. The molecule has 2 aromatic rings. The standard InChI is InChI=1S/C31H41N5O6/c1-3-20(2)28-31(42)36-18-24(38)16-26(36)30(41)33-25(15-21-8-5-4-6-9-21)29(40)32-12-13-35(19-27(39)34-28)17-22-10-7-11-23(37)14-22/h4-11,14,20,24-26,28,37-38H,3,12-13,15-19H2,1-2H3,(H,32,40)(H,33,41)(H,34,39)/t20-,24+,25-,26-,28-/m0/s1. The van der Waals surface area contributed by atoms with Crippen molar-refractivity contribution in [1.82, 2.24) is 25.8 Å². The Kier molecular flexibility index (Phi) is 10.5. The first-order valence-electron chi connectivity index (χ1n) is 14.5. The van der Waals surface area contributed by atoms with Gasteiger partial charge in [0.2, 0.25) is 23.6 Å². The number of rotatable bonds is 6. The second kappa shape index (κ2) is 14.3. The molecule has 4 amide bonds. The fraction of sp³-hybridized carbons (Fsp3) is 0.484. The zero-order valence-electron chi connectivity index (χ0n) is 24.2. The second-order valence-corrected chi connectivity index (χ2v) is 11.2. The van der Waals surface area contributed by atoms with Gasteiger partial charge in [-0.05, 0) is 29.2 Å². The summed E-state index contributed by atoms with van der Waals surface area (Å²) in [5.74, 6) is -1.85. The number of hydrogen-bond acceptors (Lipinski definition) is 7. The van der Waals surface area contributed by atoms with Crippen LogP contribution >= 0.6 is 0 Å². The Morgan fingerprint density at radius 1 is 0.976 bits per heavy atom. The fourth-order valence-corrected chi connectivity index (χ4v) is 5.50. The predicted molar refractivity (Wildman–Crippen MR) is 156 cm³/mol. The van der Waals surface area contributed by atoms with E-state index >= 15 is 0 Å². The Bertz CT molecular complexity index is 1260. The Balaban J connectivity index is 1.65. The van der Waals surface area contributed by atoms with Crippen molar-refractivity contribution in [3.05, 3.63) is 65.7 Å². The minimum absolute atomic E-state index is 0.0378. The van der Waals surface area contributed by atoms with E-state index in [1.54, 1.807) is 18.2 Å². The highest BCUT2D eigenvalue weighted by Gasteiger charge is 2.43. The summed E-state index contributed by atoms with van der Waals surface area (Å²) < 4.78 is 0. The first kappa shape index (κ1) is 31.0. The highest BCUT2D eigenvalue weighted by molar-refractivity contribution is 5.95. The number of aromatic hydroxyl groups is 1. The summed E-state index contributed by atoms with van der Waals surface area (Å²) in [6.07, 6.45) is -0.0227. The minimum Gasteiger partial charge on any atom is -0.508 e. The van der Waals surface area contributed by atoms with Gasteiger partial charge in [0.25, 0.3) is 0 Å². The Morgan fingerprint density at radius 3 is 2.43 bits per heavy atom. The summed E-state index contributed by atoms with van der Waals surface area (Å²) in [7, 11) is 0. The molecule has 11 heteroatoms. The van der Waals surface area contributed by atoms with Crippen LogP contribution in [0.4, 0.5) is 0 Å². The van der Waals surface area contributed by atoms with Gasteiger partial charge < -0.3 is 31.1 Å². The third-order valence-electron chi connectivity index (χ3n) is 7.99. The lowest BCUT2D eigenvalue weighted by Crippen LogP contribution is -2.58. The van der Waals surface area contributed by atoms with Crippen molar-refractivity contribution in [2.24, 2.45) is 5.92 Å². The smallest absolute Gasteiger partial charge is 0.246 e. The van der Waals surface area contributed by atoms with Gasteiger partial charge in [-0.1, -0.05) is 62.7 Å². The van der Waals surface area contributed by atoms with Crippen molar-refractivity contribution in [1.29, 1.82) is 0 Å². The molecule has 2 heterocycles. The molecular weight excluding hydrogens is 538 g/mol. The van der Waals surface area contributed by atoms with Crippen molar-refractivity contribution >= 4 is 23.6 Å². The number of hydrogen-bond donors (Lipinski definition) is 5. The van der Waals surface area contributed by atoms with Crippen LogP contribution < -0.4 is 16.0 Å². The number of amides is 4. The summed E-state index contributed by atoms with van der Waals surface area (Å²) in [5, 5.41) is 29.0. The van der Waals surface area contributed by atoms with Crippen molar-refractivity contribution in [2.45, 2.75) is 63.9 Å². The highest BCUT2D eigenvalue weighted by Crippen LogP contribution is 2.23. The molecule has 2 aliphatic rings. The molecule has 0 radical (unpaired) electrons. The maximum atomic E-state index is 13.8. The fourth-order valence-electron chi connectivity index (χ4n) is 5.50. The molecule has 0 saturated carbocycles. The molecule has 226 valence electrons. The van der Waals surface area contributed by atoms with Crippen LogP contribution in [0.5, 0.6) is 5.75 Å². The zero-order chi connectivity index (χ0) is 30.2. The maximum absolute atomic E-state index is 13.8. The topological polar surface area (TPSA) is 151 Å². The monoisotopic (exact) mass is 579 g/mol. The van der Waals surface area contributed by atoms with Crippen molar-refractivity contribution in [2.75, 3.05) is 26.2 Å². The minimum atomic E-state index is -0.977. The van der Waals surface area contributed by atoms with E-state index in [4.69, 9.17) is 0 Å². The van der Waals surface area contributed by atoms with Crippen molar-refractivity contribution in [3.8, 4) is 5.75 Å². The van der Waals surface area contributed by atoms with Crippen LogP contribution in [0, 0.1) is 5.92 Å². The van der Waals surface area contributed by atoms with E-state index in [0.717, 1.165) is 11.1 Å². The number of phenolic OH excluding ortho intramolecular Hbond substituents is 1. The van der Waals surface area contributed by atoms with Gasteiger partial charge in [0.1, 0.15) is 23.9 Å². The van der Waals surface area contributed by atoms with Gasteiger partial charge in [0.05, 0.1) is 12.6 Å². The van der Waals surface area contributed by atoms with Crippen molar-refractivity contribution < 1.29 is 29.4 Å². The van der Waals surface area contributed by atoms with E-state index in [1.165, 1.54) is 4.90 Å². The van der Waals surface area contributed by atoms with Gasteiger partial charge in [0, 0.05) is 39.0 Å². The summed E-state index contributed by atoms with van der Waals surface area (Å²) in [4.78, 5) is 57.3. The second-order valence-electron chi connectivity index (χ2n) is 11.2. The van der Waals surface area contributed by atoms with Gasteiger partial charge >= 0.3 is 0 Å². The average Bonchev–Trinajstić information content (AvgIpc) is 3.36. The molecule has 0 aromatic heterocycles. The summed E-state index contributed by atoms with van der Waals surface area (Å²) >= 11 is 0. The quantitative estimate of drug-likeness (QED) is 0.335. The molecule has 11 nitrogen and oxygen atoms in total. The number of phenols is 1. The third-order valence-corrected chi connectivity index (χ3v) is 7.99. The summed E-state index contributed by atoms with van der Waals surface area (Å²) in [5.41, 5.74) is 1.64. The number of nitrogens with zero attached hydrogens (tertiary/aromatic N) is 2. The Morgan fingerprint density at radius 2 is 1.71 bits per heavy atom. The van der Waals surface area contributed by atoms with Gasteiger partial charge in [0.15, 0.2) is 0 Å². The largest absolute Gasteiger partial charge is 0.508 e. The SMILES string of the molecule is CC[C@H](C)[C@@H]1NC(=O)CN(Cc2cccc(O)c2)CCNC(=O)[C@H](Cc2ccccc2)NC(=O)[C@@H]2C[C@@H](O)CN2C1=O. The number of aliphatic hydroxyl groups excluding tert-OH is 1. The zero-order valence-corrected chi connectivity index (χ0v) is 24.2. The third kappa shape index (κ3) is 8.07. The average molecular weight is 580 g/mol. The van der Waals surface area contributed by atoms with Crippen LogP contribution in [0.2, 0.25) is 0 Å². The normalized spacial score (nSPS) is 25.5. The molecule has 2 fully saturated rings. The molecule has 0 unspecified atom stereocenters. The van der Waals surface area contributed by atoms with Crippen LogP contribution in [-0.2, 0) is 32.1 Å². The van der Waals surface area contributed by atoms with E-state index in [2.05, 4.69) is 16.0 Å². The molecule has 2 aliphatic heterocycles. The number of benzene rings is 2. The van der Waals surface area contributed by atoms with Crippen LogP contribution in [0.25, 0.3) is 0 Å². The van der Waals surface area contributed by atoms with E-state index < -0.39 is 42.0 Å². The van der Waals surface area contributed by atoms with Crippen molar-refractivity contribution in [3.63, 3.8) is 0 Å². The first-order valence-corrected chi connectivity index (χ1v) is 14.5. The molecule has 42 heavy (non-hydrogen) atoms. The maximum Gasteiger partial charge on any atom is 0.246 e.